The first-order valence-electron chi connectivity index (χ1n) is 10.9. The van der Waals surface area contributed by atoms with Gasteiger partial charge in [0.05, 0.1) is 24.6 Å². The molecule has 0 radical (unpaired) electrons. The van der Waals surface area contributed by atoms with E-state index in [9.17, 15) is 0 Å². The van der Waals surface area contributed by atoms with Crippen molar-refractivity contribution in [2.24, 2.45) is 0 Å². The quantitative estimate of drug-likeness (QED) is 0.713. The van der Waals surface area contributed by atoms with E-state index in [1.165, 1.54) is 29.7 Å². The number of anilines is 1. The number of benzene rings is 1. The number of H-pyrrole nitrogens is 1. The second-order valence-electron chi connectivity index (χ2n) is 8.56. The van der Waals surface area contributed by atoms with Crippen molar-refractivity contribution < 1.29 is 4.74 Å². The van der Waals surface area contributed by atoms with Crippen molar-refractivity contribution >= 4 is 16.9 Å². The minimum Gasteiger partial charge on any atom is -0.379 e. The summed E-state index contributed by atoms with van der Waals surface area (Å²) in [5, 5.41) is 4.96. The summed E-state index contributed by atoms with van der Waals surface area (Å²) >= 11 is 0. The second-order valence-corrected chi connectivity index (χ2v) is 8.56. The van der Waals surface area contributed by atoms with Gasteiger partial charge in [-0.25, -0.2) is 9.97 Å². The fourth-order valence-corrected chi connectivity index (χ4v) is 5.06. The highest BCUT2D eigenvalue weighted by Crippen LogP contribution is 2.42. The molecule has 2 aliphatic carbocycles. The third-order valence-electron chi connectivity index (χ3n) is 6.75. The number of hydrogen-bond acceptors (Lipinski definition) is 5. The molecule has 0 bridgehead atoms. The predicted molar refractivity (Wildman–Crippen MR) is 113 cm³/mol. The van der Waals surface area contributed by atoms with E-state index in [0.29, 0.717) is 12.0 Å². The van der Waals surface area contributed by atoms with Crippen LogP contribution in [-0.2, 0) is 11.2 Å². The zero-order valence-electron chi connectivity index (χ0n) is 16.6. The summed E-state index contributed by atoms with van der Waals surface area (Å²) in [6, 6.07) is 11.8. The van der Waals surface area contributed by atoms with Gasteiger partial charge in [0.15, 0.2) is 0 Å². The van der Waals surface area contributed by atoms with Crippen molar-refractivity contribution in [1.29, 1.82) is 0 Å². The van der Waals surface area contributed by atoms with Crippen molar-refractivity contribution in [3.63, 3.8) is 0 Å². The lowest BCUT2D eigenvalue weighted by Gasteiger charge is -2.43. The molecule has 6 heteroatoms. The number of aromatic nitrogens is 3. The molecule has 1 aromatic carbocycles. The number of nitrogens with one attached hydrogen (secondary N) is 2. The van der Waals surface area contributed by atoms with Crippen LogP contribution in [0.1, 0.15) is 48.0 Å². The van der Waals surface area contributed by atoms with Gasteiger partial charge in [0.1, 0.15) is 17.8 Å². The Balaban J connectivity index is 1.38. The minimum absolute atomic E-state index is 0.218. The number of ether oxygens (including phenoxy) is 1. The van der Waals surface area contributed by atoms with E-state index in [1.807, 2.05) is 0 Å². The fraction of sp³-hybridized carbons (Fsp3) is 0.478. The minimum atomic E-state index is 0.218. The summed E-state index contributed by atoms with van der Waals surface area (Å²) in [7, 11) is 0. The molecule has 150 valence electrons. The number of fused-ring (bicyclic) bond motifs is 2. The lowest BCUT2D eigenvalue weighted by Crippen LogP contribution is -2.49. The Kier molecular flexibility index (Phi) is 4.27. The van der Waals surface area contributed by atoms with Gasteiger partial charge in [0.25, 0.3) is 0 Å². The Morgan fingerprint density at radius 3 is 2.79 bits per heavy atom. The van der Waals surface area contributed by atoms with Crippen molar-refractivity contribution in [2.45, 2.75) is 43.7 Å². The average molecular weight is 390 g/mol. The Bertz CT molecular complexity index is 1020. The van der Waals surface area contributed by atoms with Crippen LogP contribution in [0.2, 0.25) is 0 Å². The molecule has 0 unspecified atom stereocenters. The molecule has 2 aromatic heterocycles. The van der Waals surface area contributed by atoms with E-state index in [1.54, 1.807) is 6.33 Å². The second kappa shape index (κ2) is 7.11. The lowest BCUT2D eigenvalue weighted by molar-refractivity contribution is 0.00896. The standard InChI is InChI=1S/C23H27N5O/c1-2-4-17-15(3-1)7-8-20(28-9-11-29-12-10-28)21(17)27-23-18-13-19(16-5-6-16)26-22(18)24-14-25-23/h1-4,13-14,16,20-21H,5-12H2,(H2,24,25,26,27)/t20-,21-/m1/s1. The SMILES string of the molecule is c1ccc2c(c1)CC[C@@H](N1CCOCC1)[C@@H]2Nc1ncnc2[nH]c(C3CC3)cc12. The van der Waals surface area contributed by atoms with E-state index in [2.05, 4.69) is 55.5 Å². The number of hydrogen-bond donors (Lipinski definition) is 2. The van der Waals surface area contributed by atoms with Gasteiger partial charge in [-0.05, 0) is 48.8 Å². The van der Waals surface area contributed by atoms with Crippen LogP contribution in [0.4, 0.5) is 5.82 Å². The summed E-state index contributed by atoms with van der Waals surface area (Å²) in [5.74, 6) is 1.62. The van der Waals surface area contributed by atoms with E-state index in [0.717, 1.165) is 56.0 Å². The molecule has 6 rings (SSSR count). The Morgan fingerprint density at radius 1 is 1.07 bits per heavy atom. The van der Waals surface area contributed by atoms with Crippen LogP contribution in [0.3, 0.4) is 0 Å². The zero-order chi connectivity index (χ0) is 19.2. The molecule has 1 saturated carbocycles. The largest absolute Gasteiger partial charge is 0.379 e. The third-order valence-corrected chi connectivity index (χ3v) is 6.75. The van der Waals surface area contributed by atoms with Gasteiger partial charge in [-0.2, -0.15) is 0 Å². The third kappa shape index (κ3) is 3.20. The van der Waals surface area contributed by atoms with Crippen LogP contribution in [0.15, 0.2) is 36.7 Å². The van der Waals surface area contributed by atoms with Crippen molar-refractivity contribution in [2.75, 3.05) is 31.6 Å². The molecule has 3 aliphatic rings. The highest BCUT2D eigenvalue weighted by Gasteiger charge is 2.35. The van der Waals surface area contributed by atoms with Gasteiger partial charge < -0.3 is 15.0 Å². The fourth-order valence-electron chi connectivity index (χ4n) is 5.06. The molecular weight excluding hydrogens is 362 g/mol. The van der Waals surface area contributed by atoms with Crippen LogP contribution in [0, 0.1) is 0 Å². The smallest absolute Gasteiger partial charge is 0.143 e. The normalized spacial score (nSPS) is 25.1. The van der Waals surface area contributed by atoms with Crippen molar-refractivity contribution in [3.8, 4) is 0 Å². The lowest BCUT2D eigenvalue weighted by atomic mass is 9.83. The van der Waals surface area contributed by atoms with E-state index in [4.69, 9.17) is 4.74 Å². The maximum atomic E-state index is 5.62. The molecule has 0 amide bonds. The predicted octanol–water partition coefficient (Wildman–Crippen LogP) is 3.64. The molecule has 2 fully saturated rings. The average Bonchev–Trinajstić information content (AvgIpc) is 3.53. The van der Waals surface area contributed by atoms with Gasteiger partial charge in [0.2, 0.25) is 0 Å². The van der Waals surface area contributed by atoms with Crippen LogP contribution in [-0.4, -0.2) is 52.2 Å². The van der Waals surface area contributed by atoms with Crippen LogP contribution in [0.5, 0.6) is 0 Å². The van der Waals surface area contributed by atoms with Crippen molar-refractivity contribution in [1.82, 2.24) is 19.9 Å². The maximum Gasteiger partial charge on any atom is 0.143 e. The van der Waals surface area contributed by atoms with Gasteiger partial charge >= 0.3 is 0 Å². The van der Waals surface area contributed by atoms with E-state index in [-0.39, 0.29) is 6.04 Å². The number of nitrogens with zero attached hydrogens (tertiary/aromatic N) is 3. The zero-order valence-corrected chi connectivity index (χ0v) is 16.6. The van der Waals surface area contributed by atoms with Crippen LogP contribution in [0.25, 0.3) is 11.0 Å². The van der Waals surface area contributed by atoms with Gasteiger partial charge in [-0.15, -0.1) is 0 Å². The molecule has 6 nitrogen and oxygen atoms in total. The molecule has 29 heavy (non-hydrogen) atoms. The Morgan fingerprint density at radius 2 is 1.93 bits per heavy atom. The van der Waals surface area contributed by atoms with Crippen molar-refractivity contribution in [3.05, 3.63) is 53.5 Å². The molecule has 2 N–H and O–H groups in total. The van der Waals surface area contributed by atoms with Gasteiger partial charge in [-0.3, -0.25) is 4.90 Å². The molecule has 3 aromatic rings. The maximum absolute atomic E-state index is 5.62. The van der Waals surface area contributed by atoms with Gasteiger partial charge in [-0.1, -0.05) is 24.3 Å². The first-order chi connectivity index (χ1) is 14.4. The monoisotopic (exact) mass is 389 g/mol. The highest BCUT2D eigenvalue weighted by molar-refractivity contribution is 5.88. The first-order valence-corrected chi connectivity index (χ1v) is 10.9. The first kappa shape index (κ1) is 17.4. The van der Waals surface area contributed by atoms with E-state index < -0.39 is 0 Å². The number of aromatic amines is 1. The van der Waals surface area contributed by atoms with E-state index >= 15 is 0 Å². The molecule has 0 spiro atoms. The molecule has 1 aliphatic heterocycles. The summed E-state index contributed by atoms with van der Waals surface area (Å²) < 4.78 is 5.62. The number of rotatable bonds is 4. The van der Waals surface area contributed by atoms with Crippen LogP contribution >= 0.6 is 0 Å². The summed E-state index contributed by atoms with van der Waals surface area (Å²) in [4.78, 5) is 15.3. The number of aryl methyl sites for hydroxylation is 1. The highest BCUT2D eigenvalue weighted by atomic mass is 16.5. The molecule has 2 atom stereocenters. The molecule has 1 saturated heterocycles. The summed E-state index contributed by atoms with van der Waals surface area (Å²) in [6.45, 7) is 3.65. The Labute approximate surface area is 170 Å². The van der Waals surface area contributed by atoms with Gasteiger partial charge in [0, 0.05) is 24.8 Å². The molecular formula is C23H27N5O. The Hall–Kier alpha value is -2.44. The summed E-state index contributed by atoms with van der Waals surface area (Å²) in [5.41, 5.74) is 5.10. The number of morpholine rings is 1. The molecule has 3 heterocycles. The topological polar surface area (TPSA) is 66.1 Å². The summed E-state index contributed by atoms with van der Waals surface area (Å²) in [6.07, 6.45) is 6.52. The van der Waals surface area contributed by atoms with Crippen LogP contribution < -0.4 is 5.32 Å².